The van der Waals surface area contributed by atoms with E-state index in [-0.39, 0.29) is 0 Å². The molecule has 0 saturated heterocycles. The molecule has 0 amide bonds. The predicted octanol–water partition coefficient (Wildman–Crippen LogP) is 1.52. The summed E-state index contributed by atoms with van der Waals surface area (Å²) < 4.78 is 25.7. The quantitative estimate of drug-likeness (QED) is 0.438. The third kappa shape index (κ3) is 1.60. The van der Waals surface area contributed by atoms with Crippen molar-refractivity contribution in [2.24, 2.45) is 0 Å². The molecule has 0 aromatic heterocycles. The Morgan fingerprint density at radius 2 is 1.80 bits per heavy atom. The Labute approximate surface area is 75.0 Å². The normalized spacial score (nSPS) is 10.1. The molecule has 1 aromatic carbocycles. The fourth-order valence-electron chi connectivity index (χ4n) is 0.622. The zero-order valence-electron chi connectivity index (χ0n) is 5.29. The molecule has 0 saturated carbocycles. The van der Waals surface area contributed by atoms with Gasteiger partial charge in [-0.25, -0.2) is 0 Å². The fraction of sp³-hybridized carbons (Fsp3) is 0. The summed E-state index contributed by atoms with van der Waals surface area (Å²) in [6, 6.07) is 2.27. The van der Waals surface area contributed by atoms with Gasteiger partial charge in [0.15, 0.2) is 0 Å². The Morgan fingerprint density at radius 1 is 1.20 bits per heavy atom. The summed E-state index contributed by atoms with van der Waals surface area (Å²) in [5.41, 5.74) is 0. The molecule has 0 aliphatic carbocycles. The van der Waals surface area contributed by atoms with Gasteiger partial charge < -0.3 is 0 Å². The van der Waals surface area contributed by atoms with Gasteiger partial charge in [0.25, 0.3) is 0 Å². The topological polar surface area (TPSA) is 0 Å². The minimum absolute atomic E-state index is 0.298. The van der Waals surface area contributed by atoms with E-state index in [1.807, 2.05) is 0 Å². The van der Waals surface area contributed by atoms with E-state index in [1.165, 1.54) is 6.07 Å². The molecule has 0 spiro atoms. The van der Waals surface area contributed by atoms with Crippen LogP contribution < -0.4 is 4.24 Å². The van der Waals surface area contributed by atoms with Gasteiger partial charge in [0.2, 0.25) is 0 Å². The molecule has 0 N–H and O–H groups in total. The molecule has 10 heavy (non-hydrogen) atoms. The van der Waals surface area contributed by atoms with Gasteiger partial charge >= 0.3 is 74.9 Å². The Balaban J connectivity index is 3.28. The first-order valence-corrected chi connectivity index (χ1v) is 3.51. The van der Waals surface area contributed by atoms with Crippen LogP contribution >= 0.6 is 15.9 Å². The zero-order valence-corrected chi connectivity index (χ0v) is 6.87. The van der Waals surface area contributed by atoms with Crippen LogP contribution in [0.15, 0.2) is 16.6 Å². The number of hydrogen-bond acceptors (Lipinski definition) is 0. The Morgan fingerprint density at radius 3 is 2.30 bits per heavy atom. The van der Waals surface area contributed by atoms with E-state index in [0.717, 1.165) is 6.07 Å². The summed E-state index contributed by atoms with van der Waals surface area (Å²) in [5.74, 6) is -1.08. The van der Waals surface area contributed by atoms with Gasteiger partial charge in [-0.05, 0) is 0 Å². The van der Waals surface area contributed by atoms with E-state index in [1.54, 1.807) is 17.7 Å². The van der Waals surface area contributed by atoms with E-state index in [0.29, 0.717) is 8.71 Å². The predicted molar refractivity (Wildman–Crippen MR) is 39.4 cm³/mol. The average molecular weight is 199 g/mol. The second-order valence-corrected chi connectivity index (χ2v) is 2.87. The SMILES string of the molecule is [Li][c]1cc(Br)c(F)cc1F. The summed E-state index contributed by atoms with van der Waals surface area (Å²) in [6.07, 6.45) is 0. The van der Waals surface area contributed by atoms with Gasteiger partial charge in [-0.15, -0.1) is 0 Å². The van der Waals surface area contributed by atoms with E-state index >= 15 is 0 Å². The molecule has 0 heterocycles. The van der Waals surface area contributed by atoms with Crippen LogP contribution in [0.2, 0.25) is 0 Å². The first-order valence-electron chi connectivity index (χ1n) is 2.72. The fourth-order valence-corrected chi connectivity index (χ4v) is 1.08. The van der Waals surface area contributed by atoms with Crippen LogP contribution in [0.5, 0.6) is 0 Å². The molecule has 0 aliphatic heterocycles. The van der Waals surface area contributed by atoms with E-state index in [2.05, 4.69) is 15.9 Å². The number of hydrogen-bond donors (Lipinski definition) is 0. The standard InChI is InChI=1S/C6H2BrF2.Li/c7-5-2-1-4(8)3-6(5)9;/h2-3H;. The molecule has 0 nitrogen and oxygen atoms in total. The maximum atomic E-state index is 12.5. The first kappa shape index (κ1) is 8.26. The molecular formula is C6H2BrF2Li. The van der Waals surface area contributed by atoms with Crippen LogP contribution in [0.1, 0.15) is 0 Å². The summed E-state index contributed by atoms with van der Waals surface area (Å²) in [6.45, 7) is 0. The van der Waals surface area contributed by atoms with Crippen molar-refractivity contribution < 1.29 is 8.78 Å². The van der Waals surface area contributed by atoms with Crippen molar-refractivity contribution in [1.82, 2.24) is 0 Å². The Kier molecular flexibility index (Phi) is 2.51. The van der Waals surface area contributed by atoms with Crippen molar-refractivity contribution in [1.29, 1.82) is 0 Å². The Bertz CT molecular complexity index is 212. The van der Waals surface area contributed by atoms with Crippen LogP contribution in [-0.4, -0.2) is 17.7 Å². The van der Waals surface area contributed by atoms with Gasteiger partial charge in [0.1, 0.15) is 0 Å². The van der Waals surface area contributed by atoms with E-state index in [4.69, 9.17) is 0 Å². The van der Waals surface area contributed by atoms with Crippen molar-refractivity contribution >= 4 is 37.9 Å². The summed E-state index contributed by atoms with van der Waals surface area (Å²) in [7, 11) is 0. The third-order valence-corrected chi connectivity index (χ3v) is 1.81. The van der Waals surface area contributed by atoms with Gasteiger partial charge in [-0.2, -0.15) is 0 Å². The van der Waals surface area contributed by atoms with Gasteiger partial charge in [0.05, 0.1) is 0 Å². The van der Waals surface area contributed by atoms with Crippen molar-refractivity contribution in [3.05, 3.63) is 28.2 Å². The number of benzene rings is 1. The molecule has 48 valence electrons. The van der Waals surface area contributed by atoms with E-state index in [9.17, 15) is 8.78 Å². The molecule has 1 aromatic rings. The summed E-state index contributed by atoms with van der Waals surface area (Å²) in [4.78, 5) is 0. The molecule has 1 rings (SSSR count). The van der Waals surface area contributed by atoms with Crippen LogP contribution in [0, 0.1) is 11.6 Å². The van der Waals surface area contributed by atoms with Gasteiger partial charge in [-0.1, -0.05) is 0 Å². The van der Waals surface area contributed by atoms with Crippen molar-refractivity contribution in [2.75, 3.05) is 0 Å². The van der Waals surface area contributed by atoms with Crippen molar-refractivity contribution in [3.8, 4) is 0 Å². The number of halogens is 3. The molecule has 0 radical (unpaired) electrons. The monoisotopic (exact) mass is 198 g/mol. The molecule has 4 heteroatoms. The van der Waals surface area contributed by atoms with Gasteiger partial charge in [0, 0.05) is 0 Å². The molecule has 0 aliphatic rings. The summed E-state index contributed by atoms with van der Waals surface area (Å²) >= 11 is 4.52. The summed E-state index contributed by atoms with van der Waals surface area (Å²) in [5, 5.41) is 0. The first-order chi connectivity index (χ1) is 4.61. The van der Waals surface area contributed by atoms with Crippen LogP contribution in [0.25, 0.3) is 0 Å². The maximum absolute atomic E-state index is 12.5. The Hall–Kier alpha value is 0.157. The minimum atomic E-state index is -0.567. The van der Waals surface area contributed by atoms with Crippen LogP contribution in [0.4, 0.5) is 8.78 Å². The second-order valence-electron chi connectivity index (χ2n) is 2.02. The number of rotatable bonds is 0. The zero-order chi connectivity index (χ0) is 7.72. The van der Waals surface area contributed by atoms with Crippen molar-refractivity contribution in [2.45, 2.75) is 0 Å². The average Bonchev–Trinajstić information content (AvgIpc) is 1.84. The van der Waals surface area contributed by atoms with Crippen LogP contribution in [-0.2, 0) is 0 Å². The van der Waals surface area contributed by atoms with E-state index < -0.39 is 11.6 Å². The molecule has 0 bridgehead atoms. The molecular weight excluding hydrogens is 197 g/mol. The molecule has 0 unspecified atom stereocenters. The van der Waals surface area contributed by atoms with Crippen LogP contribution in [0.3, 0.4) is 0 Å². The molecule has 0 fully saturated rings. The van der Waals surface area contributed by atoms with Gasteiger partial charge in [-0.3, -0.25) is 0 Å². The molecule has 0 atom stereocenters. The second kappa shape index (κ2) is 3.04. The van der Waals surface area contributed by atoms with Crippen molar-refractivity contribution in [3.63, 3.8) is 0 Å². The third-order valence-electron chi connectivity index (χ3n) is 1.20.